The molecule has 0 spiro atoms. The first-order chi connectivity index (χ1) is 29.4. The Hall–Kier alpha value is -1.59. The van der Waals surface area contributed by atoms with E-state index in [0.29, 0.717) is 19.3 Å². The number of hydrogen-bond acceptors (Lipinski definition) is 6. The predicted molar refractivity (Wildman–Crippen MR) is 257 cm³/mol. The van der Waals surface area contributed by atoms with Crippen molar-refractivity contribution in [3.8, 4) is 0 Å². The lowest BCUT2D eigenvalue weighted by molar-refractivity contribution is -0.167. The fourth-order valence-corrected chi connectivity index (χ4v) is 8.22. The highest BCUT2D eigenvalue weighted by Crippen LogP contribution is 2.17. The van der Waals surface area contributed by atoms with Gasteiger partial charge in [-0.3, -0.25) is 14.4 Å². The van der Waals surface area contributed by atoms with Crippen LogP contribution in [0.2, 0.25) is 0 Å². The standard InChI is InChI=1S/C54H104O6/c1-5-7-9-11-13-15-17-19-20-21-22-23-25-27-29-35-39-43-47-54(57)60-51(49-59-53(56)46-42-38-34-31-30-32-36-40-44-50(3)4)48-58-52(55)45-41-37-33-28-26-24-18-16-14-12-10-8-6-2/h50-51H,5-49H2,1-4H3/t51-/m0/s1. The maximum Gasteiger partial charge on any atom is 0.306 e. The van der Waals surface area contributed by atoms with E-state index in [2.05, 4.69) is 27.7 Å². The molecule has 1 atom stereocenters. The molecule has 356 valence electrons. The van der Waals surface area contributed by atoms with Crippen molar-refractivity contribution in [2.24, 2.45) is 5.92 Å². The largest absolute Gasteiger partial charge is 0.462 e. The van der Waals surface area contributed by atoms with Gasteiger partial charge in [0.25, 0.3) is 0 Å². The van der Waals surface area contributed by atoms with Crippen LogP contribution in [0.25, 0.3) is 0 Å². The monoisotopic (exact) mass is 849 g/mol. The van der Waals surface area contributed by atoms with Gasteiger partial charge in [0.1, 0.15) is 13.2 Å². The second kappa shape index (κ2) is 48.4. The lowest BCUT2D eigenvalue weighted by atomic mass is 10.0. The van der Waals surface area contributed by atoms with Gasteiger partial charge >= 0.3 is 17.9 Å². The zero-order chi connectivity index (χ0) is 43.8. The van der Waals surface area contributed by atoms with Crippen LogP contribution >= 0.6 is 0 Å². The third kappa shape index (κ3) is 47.5. The van der Waals surface area contributed by atoms with Crippen molar-refractivity contribution in [2.45, 2.75) is 310 Å². The SMILES string of the molecule is CCCCCCCCCCCCCCCCCCCCC(=O)O[C@@H](COC(=O)CCCCCCCCCCCCCCC)COC(=O)CCCCCCCCCCC(C)C. The van der Waals surface area contributed by atoms with Crippen LogP contribution in [0.1, 0.15) is 304 Å². The van der Waals surface area contributed by atoms with Crippen LogP contribution in [0, 0.1) is 5.92 Å². The zero-order valence-electron chi connectivity index (χ0n) is 40.9. The van der Waals surface area contributed by atoms with Crippen molar-refractivity contribution in [3.63, 3.8) is 0 Å². The summed E-state index contributed by atoms with van der Waals surface area (Å²) < 4.78 is 16.8. The highest BCUT2D eigenvalue weighted by Gasteiger charge is 2.19. The summed E-state index contributed by atoms with van der Waals surface area (Å²) >= 11 is 0. The van der Waals surface area contributed by atoms with Crippen molar-refractivity contribution in [1.82, 2.24) is 0 Å². The highest BCUT2D eigenvalue weighted by molar-refractivity contribution is 5.71. The van der Waals surface area contributed by atoms with Gasteiger partial charge in [-0.25, -0.2) is 0 Å². The van der Waals surface area contributed by atoms with Gasteiger partial charge in [0.2, 0.25) is 0 Å². The second-order valence-corrected chi connectivity index (χ2v) is 19.0. The van der Waals surface area contributed by atoms with Crippen LogP contribution in [-0.4, -0.2) is 37.2 Å². The van der Waals surface area contributed by atoms with Crippen LogP contribution in [0.3, 0.4) is 0 Å². The third-order valence-electron chi connectivity index (χ3n) is 12.3. The summed E-state index contributed by atoms with van der Waals surface area (Å²) in [5, 5.41) is 0. The average molecular weight is 849 g/mol. The topological polar surface area (TPSA) is 78.9 Å². The van der Waals surface area contributed by atoms with E-state index in [1.165, 1.54) is 199 Å². The first-order valence-electron chi connectivity index (χ1n) is 26.9. The Morgan fingerprint density at radius 2 is 0.550 bits per heavy atom. The van der Waals surface area contributed by atoms with E-state index in [9.17, 15) is 14.4 Å². The zero-order valence-corrected chi connectivity index (χ0v) is 40.9. The molecule has 0 N–H and O–H groups in total. The van der Waals surface area contributed by atoms with Crippen molar-refractivity contribution in [2.75, 3.05) is 13.2 Å². The van der Waals surface area contributed by atoms with Crippen LogP contribution in [0.5, 0.6) is 0 Å². The van der Waals surface area contributed by atoms with Gasteiger partial charge in [0.15, 0.2) is 6.10 Å². The predicted octanol–water partition coefficient (Wildman–Crippen LogP) is 17.5. The van der Waals surface area contributed by atoms with E-state index in [4.69, 9.17) is 14.2 Å². The maximum absolute atomic E-state index is 12.8. The summed E-state index contributed by atoms with van der Waals surface area (Å²) in [5.41, 5.74) is 0. The van der Waals surface area contributed by atoms with E-state index in [1.54, 1.807) is 0 Å². The van der Waals surface area contributed by atoms with Crippen molar-refractivity contribution < 1.29 is 28.6 Å². The molecule has 0 radical (unpaired) electrons. The molecule has 0 heterocycles. The number of unbranched alkanes of at least 4 members (excludes halogenated alkanes) is 36. The quantitative estimate of drug-likeness (QED) is 0.0345. The molecular formula is C54H104O6. The molecule has 0 saturated heterocycles. The lowest BCUT2D eigenvalue weighted by Gasteiger charge is -2.18. The summed E-state index contributed by atoms with van der Waals surface area (Å²) in [7, 11) is 0. The van der Waals surface area contributed by atoms with E-state index in [1.807, 2.05) is 0 Å². The Balaban J connectivity index is 4.27. The number of hydrogen-bond donors (Lipinski definition) is 0. The van der Waals surface area contributed by atoms with Gasteiger partial charge in [-0.2, -0.15) is 0 Å². The molecule has 0 aliphatic rings. The van der Waals surface area contributed by atoms with Crippen LogP contribution in [0.15, 0.2) is 0 Å². The molecule has 0 aromatic carbocycles. The summed E-state index contributed by atoms with van der Waals surface area (Å²) in [6.45, 7) is 9.00. The fraction of sp³-hybridized carbons (Fsp3) is 0.944. The van der Waals surface area contributed by atoms with Crippen molar-refractivity contribution in [3.05, 3.63) is 0 Å². The number of carbonyl (C=O) groups is 3. The number of rotatable bonds is 49. The highest BCUT2D eigenvalue weighted by atomic mass is 16.6. The minimum absolute atomic E-state index is 0.0629. The number of esters is 3. The molecular weight excluding hydrogens is 745 g/mol. The third-order valence-corrected chi connectivity index (χ3v) is 12.3. The average Bonchev–Trinajstić information content (AvgIpc) is 3.23. The molecule has 0 amide bonds. The van der Waals surface area contributed by atoms with Gasteiger partial charge in [-0.1, -0.05) is 265 Å². The number of ether oxygens (including phenoxy) is 3. The first-order valence-corrected chi connectivity index (χ1v) is 26.9. The van der Waals surface area contributed by atoms with Gasteiger partial charge in [0, 0.05) is 19.3 Å². The molecule has 6 heteroatoms. The molecule has 0 aromatic heterocycles. The minimum Gasteiger partial charge on any atom is -0.462 e. The van der Waals surface area contributed by atoms with Gasteiger partial charge in [-0.05, 0) is 25.2 Å². The molecule has 0 rings (SSSR count). The van der Waals surface area contributed by atoms with Crippen LogP contribution in [-0.2, 0) is 28.6 Å². The van der Waals surface area contributed by atoms with E-state index in [0.717, 1.165) is 63.7 Å². The molecule has 0 saturated carbocycles. The molecule has 0 fully saturated rings. The molecule has 60 heavy (non-hydrogen) atoms. The van der Waals surface area contributed by atoms with Gasteiger partial charge in [0.05, 0.1) is 0 Å². The van der Waals surface area contributed by atoms with Crippen LogP contribution in [0.4, 0.5) is 0 Å². The summed E-state index contributed by atoms with van der Waals surface area (Å²) in [6.07, 6.45) is 50.9. The van der Waals surface area contributed by atoms with Gasteiger partial charge < -0.3 is 14.2 Å². The summed E-state index contributed by atoms with van der Waals surface area (Å²) in [4.78, 5) is 38.0. The molecule has 0 aliphatic carbocycles. The Labute approximate surface area is 374 Å². The summed E-state index contributed by atoms with van der Waals surface area (Å²) in [5.74, 6) is -0.0473. The second-order valence-electron chi connectivity index (χ2n) is 19.0. The van der Waals surface area contributed by atoms with Crippen LogP contribution < -0.4 is 0 Å². The molecule has 0 aliphatic heterocycles. The normalized spacial score (nSPS) is 11.9. The molecule has 0 unspecified atom stereocenters. The Bertz CT molecular complexity index is 903. The smallest absolute Gasteiger partial charge is 0.306 e. The van der Waals surface area contributed by atoms with Crippen molar-refractivity contribution in [1.29, 1.82) is 0 Å². The van der Waals surface area contributed by atoms with E-state index in [-0.39, 0.29) is 31.1 Å². The molecule has 6 nitrogen and oxygen atoms in total. The Morgan fingerprint density at radius 3 is 0.817 bits per heavy atom. The lowest BCUT2D eigenvalue weighted by Crippen LogP contribution is -2.30. The minimum atomic E-state index is -0.761. The van der Waals surface area contributed by atoms with Crippen molar-refractivity contribution >= 4 is 17.9 Å². The summed E-state index contributed by atoms with van der Waals surface area (Å²) in [6, 6.07) is 0. The number of carbonyl (C=O) groups excluding carboxylic acids is 3. The molecule has 0 aromatic rings. The molecule has 0 bridgehead atoms. The Morgan fingerprint density at radius 1 is 0.317 bits per heavy atom. The van der Waals surface area contributed by atoms with E-state index >= 15 is 0 Å². The first kappa shape index (κ1) is 58.4. The fourth-order valence-electron chi connectivity index (χ4n) is 8.22. The maximum atomic E-state index is 12.8. The van der Waals surface area contributed by atoms with Gasteiger partial charge in [-0.15, -0.1) is 0 Å². The Kier molecular flexibility index (Phi) is 47.2. The van der Waals surface area contributed by atoms with E-state index < -0.39 is 6.10 Å².